The van der Waals surface area contributed by atoms with Gasteiger partial charge < -0.3 is 15.0 Å². The molecule has 3 aromatic rings. The number of halogens is 2. The van der Waals surface area contributed by atoms with Gasteiger partial charge >= 0.3 is 5.97 Å². The molecule has 122 valence electrons. The largest absolute Gasteiger partial charge is 0.477 e. The third-order valence-electron chi connectivity index (χ3n) is 3.70. The molecule has 0 fully saturated rings. The summed E-state index contributed by atoms with van der Waals surface area (Å²) in [7, 11) is 1.52. The molecule has 0 aliphatic rings. The van der Waals surface area contributed by atoms with Gasteiger partial charge in [0.2, 0.25) is 5.43 Å². The fraction of sp³-hybridized carbons (Fsp3) is 0.0588. The number of anilines is 1. The Morgan fingerprint density at radius 3 is 2.42 bits per heavy atom. The summed E-state index contributed by atoms with van der Waals surface area (Å²) < 4.78 is 28.6. The van der Waals surface area contributed by atoms with Crippen LogP contribution in [0.4, 0.5) is 14.5 Å². The highest BCUT2D eigenvalue weighted by atomic mass is 19.1. The van der Waals surface area contributed by atoms with Crippen LogP contribution in [0, 0.1) is 11.6 Å². The maximum Gasteiger partial charge on any atom is 0.341 e. The zero-order valence-corrected chi connectivity index (χ0v) is 12.5. The van der Waals surface area contributed by atoms with Crippen LogP contribution >= 0.6 is 0 Å². The maximum atomic E-state index is 14.0. The van der Waals surface area contributed by atoms with Gasteiger partial charge in [-0.2, -0.15) is 0 Å². The van der Waals surface area contributed by atoms with Gasteiger partial charge in [-0.15, -0.1) is 0 Å². The summed E-state index contributed by atoms with van der Waals surface area (Å²) in [4.78, 5) is 23.6. The van der Waals surface area contributed by atoms with Gasteiger partial charge in [0.15, 0.2) is 0 Å². The van der Waals surface area contributed by atoms with Crippen molar-refractivity contribution in [3.63, 3.8) is 0 Å². The Morgan fingerprint density at radius 1 is 1.17 bits per heavy atom. The van der Waals surface area contributed by atoms with E-state index in [-0.39, 0.29) is 11.1 Å². The van der Waals surface area contributed by atoms with Gasteiger partial charge in [0.05, 0.1) is 11.2 Å². The molecule has 0 saturated carbocycles. The monoisotopic (exact) mass is 330 g/mol. The lowest BCUT2D eigenvalue weighted by Gasteiger charge is -2.14. The van der Waals surface area contributed by atoms with Gasteiger partial charge in [-0.3, -0.25) is 4.79 Å². The van der Waals surface area contributed by atoms with Crippen molar-refractivity contribution >= 4 is 22.6 Å². The average Bonchev–Trinajstić information content (AvgIpc) is 2.56. The van der Waals surface area contributed by atoms with Crippen molar-refractivity contribution in [3.8, 4) is 5.69 Å². The van der Waals surface area contributed by atoms with Crippen LogP contribution in [0.2, 0.25) is 0 Å². The van der Waals surface area contributed by atoms with E-state index in [0.717, 1.165) is 12.3 Å². The van der Waals surface area contributed by atoms with Gasteiger partial charge in [0, 0.05) is 24.3 Å². The minimum atomic E-state index is -1.42. The van der Waals surface area contributed by atoms with Crippen LogP contribution in [-0.4, -0.2) is 22.7 Å². The lowest BCUT2D eigenvalue weighted by Crippen LogP contribution is -2.18. The predicted octanol–water partition coefficient (Wildman–Crippen LogP) is 3.01. The number of rotatable bonds is 3. The smallest absolute Gasteiger partial charge is 0.341 e. The quantitative estimate of drug-likeness (QED) is 0.774. The number of carboxylic acids is 1. The summed E-state index contributed by atoms with van der Waals surface area (Å²) in [6, 6.07) is 7.70. The van der Waals surface area contributed by atoms with Gasteiger partial charge in [-0.25, -0.2) is 13.6 Å². The summed E-state index contributed by atoms with van der Waals surface area (Å²) in [5.41, 5.74) is -0.374. The maximum absolute atomic E-state index is 14.0. The van der Waals surface area contributed by atoms with E-state index in [1.807, 2.05) is 0 Å². The number of hydrogen-bond acceptors (Lipinski definition) is 3. The Kier molecular flexibility index (Phi) is 3.76. The second-order valence-corrected chi connectivity index (χ2v) is 5.12. The molecule has 0 saturated heterocycles. The Balaban J connectivity index is 2.45. The first-order chi connectivity index (χ1) is 11.4. The number of aromatic carboxylic acids is 1. The Morgan fingerprint density at radius 2 is 1.83 bits per heavy atom. The molecule has 5 nitrogen and oxygen atoms in total. The Hall–Kier alpha value is -3.22. The second kappa shape index (κ2) is 5.77. The van der Waals surface area contributed by atoms with Crippen molar-refractivity contribution in [2.24, 2.45) is 0 Å². The molecule has 2 aromatic carbocycles. The topological polar surface area (TPSA) is 71.3 Å². The predicted molar refractivity (Wildman–Crippen MR) is 86.0 cm³/mol. The van der Waals surface area contributed by atoms with E-state index < -0.39 is 28.6 Å². The Bertz CT molecular complexity index is 1010. The minimum absolute atomic E-state index is 0.0734. The molecule has 24 heavy (non-hydrogen) atoms. The van der Waals surface area contributed by atoms with Crippen molar-refractivity contribution in [2.75, 3.05) is 12.4 Å². The molecule has 1 aromatic heterocycles. The molecule has 0 radical (unpaired) electrons. The molecule has 0 aliphatic heterocycles. The molecular formula is C17H12F2N2O3. The zero-order chi connectivity index (χ0) is 17.4. The van der Waals surface area contributed by atoms with Crippen LogP contribution in [0.15, 0.2) is 47.4 Å². The van der Waals surface area contributed by atoms with E-state index >= 15 is 0 Å². The third-order valence-corrected chi connectivity index (χ3v) is 3.70. The molecule has 0 bridgehead atoms. The van der Waals surface area contributed by atoms with E-state index in [0.29, 0.717) is 11.2 Å². The highest BCUT2D eigenvalue weighted by Gasteiger charge is 2.17. The summed E-state index contributed by atoms with van der Waals surface area (Å²) in [6.45, 7) is 0. The van der Waals surface area contributed by atoms with Crippen LogP contribution < -0.4 is 10.7 Å². The molecule has 3 rings (SSSR count). The fourth-order valence-electron chi connectivity index (χ4n) is 2.50. The van der Waals surface area contributed by atoms with E-state index in [4.69, 9.17) is 0 Å². The highest BCUT2D eigenvalue weighted by molar-refractivity contribution is 5.94. The van der Waals surface area contributed by atoms with Crippen molar-refractivity contribution in [1.82, 2.24) is 4.57 Å². The SMILES string of the molecule is CNc1cc2c(cc1F)c(=O)c(C(=O)O)cn2-c1ccc(F)cc1. The lowest BCUT2D eigenvalue weighted by atomic mass is 10.1. The molecular weight excluding hydrogens is 318 g/mol. The van der Waals surface area contributed by atoms with Gasteiger partial charge in [-0.05, 0) is 36.4 Å². The second-order valence-electron chi connectivity index (χ2n) is 5.12. The number of aromatic nitrogens is 1. The number of nitrogens with zero attached hydrogens (tertiary/aromatic N) is 1. The number of benzene rings is 2. The summed E-state index contributed by atoms with van der Waals surface area (Å²) in [5.74, 6) is -2.55. The first-order valence-electron chi connectivity index (χ1n) is 6.98. The molecule has 1 heterocycles. The van der Waals surface area contributed by atoms with Crippen LogP contribution in [0.3, 0.4) is 0 Å². The van der Waals surface area contributed by atoms with Gasteiger partial charge in [0.25, 0.3) is 0 Å². The summed E-state index contributed by atoms with van der Waals surface area (Å²) >= 11 is 0. The zero-order valence-electron chi connectivity index (χ0n) is 12.5. The third kappa shape index (κ3) is 2.50. The van der Waals surface area contributed by atoms with Crippen molar-refractivity contribution in [3.05, 3.63) is 70.0 Å². The number of carboxylic acid groups (broad SMARTS) is 1. The molecule has 0 unspecified atom stereocenters. The number of carbonyl (C=O) groups is 1. The van der Waals surface area contributed by atoms with Crippen LogP contribution in [0.1, 0.15) is 10.4 Å². The number of nitrogens with one attached hydrogen (secondary N) is 1. The van der Waals surface area contributed by atoms with E-state index in [2.05, 4.69) is 5.32 Å². The molecule has 0 atom stereocenters. The van der Waals surface area contributed by atoms with Crippen molar-refractivity contribution < 1.29 is 18.7 Å². The molecule has 0 amide bonds. The normalized spacial score (nSPS) is 10.8. The van der Waals surface area contributed by atoms with Crippen molar-refractivity contribution in [1.29, 1.82) is 0 Å². The number of pyridine rings is 1. The van der Waals surface area contributed by atoms with Gasteiger partial charge in [0.1, 0.15) is 17.2 Å². The number of hydrogen-bond donors (Lipinski definition) is 2. The molecule has 0 spiro atoms. The molecule has 0 aliphatic carbocycles. The van der Waals surface area contributed by atoms with E-state index in [9.17, 15) is 23.5 Å². The van der Waals surface area contributed by atoms with Gasteiger partial charge in [-0.1, -0.05) is 0 Å². The van der Waals surface area contributed by atoms with E-state index in [1.54, 1.807) is 0 Å². The van der Waals surface area contributed by atoms with Crippen LogP contribution in [0.25, 0.3) is 16.6 Å². The van der Waals surface area contributed by atoms with E-state index in [1.165, 1.54) is 41.9 Å². The lowest BCUT2D eigenvalue weighted by molar-refractivity contribution is 0.0695. The molecule has 7 heteroatoms. The van der Waals surface area contributed by atoms with Crippen LogP contribution in [0.5, 0.6) is 0 Å². The first-order valence-corrected chi connectivity index (χ1v) is 6.98. The first kappa shape index (κ1) is 15.7. The number of fused-ring (bicyclic) bond motifs is 1. The highest BCUT2D eigenvalue weighted by Crippen LogP contribution is 2.24. The molecule has 2 N–H and O–H groups in total. The fourth-order valence-corrected chi connectivity index (χ4v) is 2.50. The Labute approximate surface area is 134 Å². The van der Waals surface area contributed by atoms with Crippen LogP contribution in [-0.2, 0) is 0 Å². The summed E-state index contributed by atoms with van der Waals surface area (Å²) in [6.07, 6.45) is 1.15. The minimum Gasteiger partial charge on any atom is -0.477 e. The average molecular weight is 330 g/mol. The van der Waals surface area contributed by atoms with Crippen molar-refractivity contribution in [2.45, 2.75) is 0 Å². The summed E-state index contributed by atoms with van der Waals surface area (Å²) in [5, 5.41) is 11.8. The standard InChI is InChI=1S/C17H12F2N2O3/c1-20-14-7-15-11(6-13(14)19)16(22)12(17(23)24)8-21(15)10-4-2-9(18)3-5-10/h2-8,20H,1H3,(H,23,24).